The third-order valence-corrected chi connectivity index (χ3v) is 2.67. The van der Waals surface area contributed by atoms with Gasteiger partial charge in [0.2, 0.25) is 5.95 Å². The van der Waals surface area contributed by atoms with Crippen molar-refractivity contribution in [3.05, 3.63) is 40.6 Å². The number of methoxy groups -OCH3 is 1. The fraction of sp³-hybridized carbons (Fsp3) is 0.0833. The van der Waals surface area contributed by atoms with Gasteiger partial charge >= 0.3 is 0 Å². The highest BCUT2D eigenvalue weighted by molar-refractivity contribution is 9.10. The Labute approximate surface area is 113 Å². The zero-order valence-corrected chi connectivity index (χ0v) is 11.1. The molecule has 2 rings (SSSR count). The molecule has 1 aromatic carbocycles. The van der Waals surface area contributed by atoms with Gasteiger partial charge in [0.05, 0.1) is 12.8 Å². The van der Waals surface area contributed by atoms with Gasteiger partial charge in [-0.2, -0.15) is 5.26 Å². The van der Waals surface area contributed by atoms with Crippen LogP contribution in [0, 0.1) is 11.3 Å². The van der Waals surface area contributed by atoms with E-state index in [0.717, 1.165) is 10.2 Å². The van der Waals surface area contributed by atoms with Crippen LogP contribution in [0.4, 0.5) is 11.6 Å². The fourth-order valence-electron chi connectivity index (χ4n) is 1.38. The predicted molar refractivity (Wildman–Crippen MR) is 70.7 cm³/mol. The first kappa shape index (κ1) is 12.3. The van der Waals surface area contributed by atoms with Crippen molar-refractivity contribution in [3.8, 4) is 11.8 Å². The highest BCUT2D eigenvalue weighted by Gasteiger charge is 2.06. The summed E-state index contributed by atoms with van der Waals surface area (Å²) in [5.74, 6) is 1.02. The summed E-state index contributed by atoms with van der Waals surface area (Å²) in [6.45, 7) is 0. The number of hydrogen-bond donors (Lipinski definition) is 1. The summed E-state index contributed by atoms with van der Waals surface area (Å²) in [6.07, 6.45) is 1.53. The molecular weight excluding hydrogens is 296 g/mol. The maximum absolute atomic E-state index is 8.77. The second-order valence-electron chi connectivity index (χ2n) is 3.35. The van der Waals surface area contributed by atoms with Crippen LogP contribution in [0.2, 0.25) is 0 Å². The summed E-state index contributed by atoms with van der Waals surface area (Å²) in [6, 6.07) is 9.05. The topological polar surface area (TPSA) is 70.8 Å². The fourth-order valence-corrected chi connectivity index (χ4v) is 1.74. The third-order valence-electron chi connectivity index (χ3n) is 2.18. The van der Waals surface area contributed by atoms with Crippen LogP contribution in [0.1, 0.15) is 5.69 Å². The van der Waals surface area contributed by atoms with E-state index in [1.165, 1.54) is 6.20 Å². The van der Waals surface area contributed by atoms with Crippen molar-refractivity contribution in [2.45, 2.75) is 0 Å². The minimum atomic E-state index is 0.307. The molecule has 90 valence electrons. The Bertz CT molecular complexity index is 609. The summed E-state index contributed by atoms with van der Waals surface area (Å²) in [7, 11) is 1.58. The zero-order valence-electron chi connectivity index (χ0n) is 9.51. The number of halogens is 1. The molecule has 0 atom stereocenters. The molecule has 1 aromatic heterocycles. The number of nitrogens with zero attached hydrogens (tertiary/aromatic N) is 3. The number of hydrogen-bond acceptors (Lipinski definition) is 5. The molecule has 0 aliphatic heterocycles. The first-order valence-corrected chi connectivity index (χ1v) is 5.86. The highest BCUT2D eigenvalue weighted by Crippen LogP contribution is 2.29. The molecule has 0 aliphatic rings. The summed E-state index contributed by atoms with van der Waals surface area (Å²) in [5, 5.41) is 11.8. The van der Waals surface area contributed by atoms with Crippen LogP contribution < -0.4 is 10.1 Å². The van der Waals surface area contributed by atoms with Crippen molar-refractivity contribution in [2.75, 3.05) is 12.4 Å². The molecule has 0 saturated carbocycles. The largest absolute Gasteiger partial charge is 0.495 e. The number of nitrogens with one attached hydrogen (secondary N) is 1. The second-order valence-corrected chi connectivity index (χ2v) is 4.26. The highest BCUT2D eigenvalue weighted by atomic mass is 79.9. The lowest BCUT2D eigenvalue weighted by Gasteiger charge is -2.10. The van der Waals surface area contributed by atoms with E-state index in [4.69, 9.17) is 10.00 Å². The molecule has 18 heavy (non-hydrogen) atoms. The van der Waals surface area contributed by atoms with Crippen LogP contribution in [0.15, 0.2) is 34.9 Å². The molecule has 1 heterocycles. The molecular formula is C12H9BrN4O. The molecule has 5 nitrogen and oxygen atoms in total. The van der Waals surface area contributed by atoms with Gasteiger partial charge in [0.1, 0.15) is 17.5 Å². The quantitative estimate of drug-likeness (QED) is 0.944. The maximum Gasteiger partial charge on any atom is 0.228 e. The van der Waals surface area contributed by atoms with Crippen molar-refractivity contribution in [2.24, 2.45) is 0 Å². The summed E-state index contributed by atoms with van der Waals surface area (Å²) < 4.78 is 6.13. The molecule has 0 unspecified atom stereocenters. The van der Waals surface area contributed by atoms with Gasteiger partial charge in [-0.1, -0.05) is 15.9 Å². The molecule has 1 N–H and O–H groups in total. The van der Waals surface area contributed by atoms with Gasteiger partial charge in [-0.05, 0) is 24.3 Å². The van der Waals surface area contributed by atoms with Gasteiger partial charge in [0, 0.05) is 10.7 Å². The Morgan fingerprint density at radius 2 is 2.22 bits per heavy atom. The lowest BCUT2D eigenvalue weighted by atomic mass is 10.3. The van der Waals surface area contributed by atoms with Crippen LogP contribution in [0.3, 0.4) is 0 Å². The Morgan fingerprint density at radius 1 is 1.39 bits per heavy atom. The lowest BCUT2D eigenvalue weighted by molar-refractivity contribution is 0.416. The standard InChI is InChI=1S/C12H9BrN4O/c1-18-11-3-2-8(13)6-10(11)17-12-15-5-4-9(7-14)16-12/h2-6H,1H3,(H,15,16,17). The number of aromatic nitrogens is 2. The van der Waals surface area contributed by atoms with E-state index in [-0.39, 0.29) is 0 Å². The van der Waals surface area contributed by atoms with Gasteiger partial charge in [-0.3, -0.25) is 0 Å². The Morgan fingerprint density at radius 3 is 2.94 bits per heavy atom. The first-order chi connectivity index (χ1) is 8.72. The normalized spacial score (nSPS) is 9.61. The van der Waals surface area contributed by atoms with Crippen molar-refractivity contribution >= 4 is 27.6 Å². The lowest BCUT2D eigenvalue weighted by Crippen LogP contribution is -2.00. The minimum absolute atomic E-state index is 0.307. The van der Waals surface area contributed by atoms with Crippen LogP contribution >= 0.6 is 15.9 Å². The van der Waals surface area contributed by atoms with E-state index >= 15 is 0 Å². The number of benzene rings is 1. The van der Waals surface area contributed by atoms with E-state index in [9.17, 15) is 0 Å². The average molecular weight is 305 g/mol. The van der Waals surface area contributed by atoms with Crippen LogP contribution in [-0.4, -0.2) is 17.1 Å². The Balaban J connectivity index is 2.33. The average Bonchev–Trinajstić information content (AvgIpc) is 2.39. The van der Waals surface area contributed by atoms with E-state index in [1.54, 1.807) is 13.2 Å². The SMILES string of the molecule is COc1ccc(Br)cc1Nc1nccc(C#N)n1. The maximum atomic E-state index is 8.77. The van der Waals surface area contributed by atoms with Crippen molar-refractivity contribution in [1.82, 2.24) is 9.97 Å². The molecule has 0 aliphatic carbocycles. The molecule has 0 amide bonds. The first-order valence-electron chi connectivity index (χ1n) is 5.06. The van der Waals surface area contributed by atoms with Gasteiger partial charge in [0.25, 0.3) is 0 Å². The van der Waals surface area contributed by atoms with Crippen LogP contribution in [0.5, 0.6) is 5.75 Å². The third kappa shape index (κ3) is 2.76. The predicted octanol–water partition coefficient (Wildman–Crippen LogP) is 2.86. The number of anilines is 2. The van der Waals surface area contributed by atoms with Crippen molar-refractivity contribution < 1.29 is 4.74 Å². The van der Waals surface area contributed by atoms with Crippen molar-refractivity contribution in [1.29, 1.82) is 5.26 Å². The molecule has 6 heteroatoms. The van der Waals surface area contributed by atoms with E-state index < -0.39 is 0 Å². The monoisotopic (exact) mass is 304 g/mol. The molecule has 0 fully saturated rings. The number of ether oxygens (including phenoxy) is 1. The smallest absolute Gasteiger partial charge is 0.228 e. The summed E-state index contributed by atoms with van der Waals surface area (Å²) in [4.78, 5) is 8.08. The second kappa shape index (κ2) is 5.47. The van der Waals surface area contributed by atoms with Crippen LogP contribution in [0.25, 0.3) is 0 Å². The Hall–Kier alpha value is -2.13. The summed E-state index contributed by atoms with van der Waals surface area (Å²) >= 11 is 3.38. The molecule has 2 aromatic rings. The molecule has 0 saturated heterocycles. The number of nitriles is 1. The van der Waals surface area contributed by atoms with Gasteiger partial charge in [-0.15, -0.1) is 0 Å². The van der Waals surface area contributed by atoms with Gasteiger partial charge in [-0.25, -0.2) is 9.97 Å². The van der Waals surface area contributed by atoms with Gasteiger partial charge in [0.15, 0.2) is 0 Å². The van der Waals surface area contributed by atoms with E-state index in [0.29, 0.717) is 17.4 Å². The van der Waals surface area contributed by atoms with Crippen LogP contribution in [-0.2, 0) is 0 Å². The van der Waals surface area contributed by atoms with Gasteiger partial charge < -0.3 is 10.1 Å². The zero-order chi connectivity index (χ0) is 13.0. The minimum Gasteiger partial charge on any atom is -0.495 e. The molecule has 0 spiro atoms. The Kier molecular flexibility index (Phi) is 3.75. The molecule has 0 bridgehead atoms. The number of rotatable bonds is 3. The van der Waals surface area contributed by atoms with E-state index in [2.05, 4.69) is 31.2 Å². The summed E-state index contributed by atoms with van der Waals surface area (Å²) in [5.41, 5.74) is 1.03. The van der Waals surface area contributed by atoms with Crippen molar-refractivity contribution in [3.63, 3.8) is 0 Å². The van der Waals surface area contributed by atoms with E-state index in [1.807, 2.05) is 24.3 Å². The molecule has 0 radical (unpaired) electrons.